The molecule has 4 rings (SSSR count). The summed E-state index contributed by atoms with van der Waals surface area (Å²) < 4.78 is 7.70. The van der Waals surface area contributed by atoms with Gasteiger partial charge in [-0.1, -0.05) is 47.0 Å². The number of aryl methyl sites for hydroxylation is 6. The van der Waals surface area contributed by atoms with Crippen LogP contribution in [0.5, 0.6) is 0 Å². The Labute approximate surface area is 249 Å². The molecule has 6 heteroatoms. The van der Waals surface area contributed by atoms with Gasteiger partial charge >= 0.3 is 25.8 Å². The topological polar surface area (TPSA) is 17.6 Å². The van der Waals surface area contributed by atoms with Crippen molar-refractivity contribution < 1.29 is 53.3 Å². The normalized spacial score (nSPS) is 14.9. The van der Waals surface area contributed by atoms with Gasteiger partial charge in [0.15, 0.2) is 0 Å². The van der Waals surface area contributed by atoms with Crippen LogP contribution in [0.15, 0.2) is 54.1 Å². The van der Waals surface area contributed by atoms with Crippen LogP contribution in [-0.4, -0.2) is 35.9 Å². The number of rotatable bonds is 3. The third kappa shape index (κ3) is 9.06. The van der Waals surface area contributed by atoms with Gasteiger partial charge in [0, 0.05) is 13.8 Å². The number of hydrogen-bond acceptors (Lipinski definition) is 1. The van der Waals surface area contributed by atoms with E-state index in [0.717, 1.165) is 18.9 Å². The smallest absolute Gasteiger partial charge is 1.00 e. The first-order chi connectivity index (χ1) is 16.1. The van der Waals surface area contributed by atoms with Crippen LogP contribution in [-0.2, 0) is 23.9 Å². The predicted molar refractivity (Wildman–Crippen MR) is 145 cm³/mol. The molecule has 1 heterocycles. The molecule has 3 nitrogen and oxygen atoms in total. The van der Waals surface area contributed by atoms with Crippen LogP contribution in [0.4, 0.5) is 11.4 Å². The van der Waals surface area contributed by atoms with Crippen LogP contribution < -0.4 is 29.7 Å². The molecule has 1 aliphatic heterocycles. The summed E-state index contributed by atoms with van der Waals surface area (Å²) in [5.41, 5.74) is 11.3. The van der Waals surface area contributed by atoms with Crippen LogP contribution in [0, 0.1) is 48.1 Å². The number of carbonyl (C=O) groups excluding carboxylic acids is 1. The summed E-state index contributed by atoms with van der Waals surface area (Å²) in [6.07, 6.45) is 11.3. The Morgan fingerprint density at radius 3 is 1.81 bits per heavy atom. The van der Waals surface area contributed by atoms with Crippen molar-refractivity contribution in [3.05, 3.63) is 94.1 Å². The van der Waals surface area contributed by atoms with Gasteiger partial charge in [-0.3, -0.25) is 0 Å². The van der Waals surface area contributed by atoms with Crippen molar-refractivity contribution >= 4 is 23.5 Å². The van der Waals surface area contributed by atoms with E-state index in [1.54, 1.807) is 0 Å². The molecular formula is C31H38Cl2N2ORu+. The Morgan fingerprint density at radius 2 is 1.32 bits per heavy atom. The van der Waals surface area contributed by atoms with Gasteiger partial charge < -0.3 is 29.2 Å². The molecular weight excluding hydrogens is 588 g/mol. The molecule has 0 saturated heterocycles. The molecule has 2 aromatic rings. The number of benzene rings is 2. The second-order valence-corrected chi connectivity index (χ2v) is 9.60. The fourth-order valence-electron chi connectivity index (χ4n) is 4.81. The SMILES string of the molecule is Cc1cc(C)c(N2[C]=[N+](c3c(C)cc(C)cc3C)CC2)c(C)c1.[CH-]=C1C=CC=CC1=[O+]C(C)C.[Cl-].[Cl-].[Ru+2]. The molecule has 1 aliphatic carbocycles. The van der Waals surface area contributed by atoms with Crippen molar-refractivity contribution in [2.75, 3.05) is 18.0 Å². The summed E-state index contributed by atoms with van der Waals surface area (Å²) in [6.45, 7) is 24.7. The summed E-state index contributed by atoms with van der Waals surface area (Å²) in [7, 11) is 0. The van der Waals surface area contributed by atoms with E-state index < -0.39 is 0 Å². The fraction of sp³-hybridized carbons (Fsp3) is 0.355. The fourth-order valence-corrected chi connectivity index (χ4v) is 4.81. The Bertz CT molecular complexity index is 1180. The summed E-state index contributed by atoms with van der Waals surface area (Å²) >= 11 is 0. The van der Waals surface area contributed by atoms with Crippen LogP contribution in [0.2, 0.25) is 0 Å². The standard InChI is InChI=1S/C21H26N2.C10H12O.2ClH.Ru/c1-14-9-16(3)20(17(4)10-14)22-7-8-23(13-22)21-18(5)11-15(2)12-19(21)6;1-8(2)11-10-7-5-4-6-9(10)3;;;/h9-12H,7-8H2,1-6H3;3-8H,1-2H3;2*1H;/q+1;;;;+2/p-2. The van der Waals surface area contributed by atoms with E-state index in [1.165, 1.54) is 44.8 Å². The maximum absolute atomic E-state index is 5.64. The van der Waals surface area contributed by atoms with Crippen LogP contribution >= 0.6 is 0 Å². The van der Waals surface area contributed by atoms with E-state index in [1.807, 2.05) is 38.2 Å². The summed E-state index contributed by atoms with van der Waals surface area (Å²) in [5, 5.41) is 0. The van der Waals surface area contributed by atoms with Gasteiger partial charge in [-0.15, -0.1) is 6.08 Å². The molecule has 0 fully saturated rings. The quantitative estimate of drug-likeness (QED) is 0.161. The van der Waals surface area contributed by atoms with E-state index in [9.17, 15) is 0 Å². The number of halogens is 2. The number of hydrogen-bond donors (Lipinski definition) is 0. The number of anilines is 1. The minimum absolute atomic E-state index is 0. The molecule has 2 aliphatic rings. The molecule has 0 unspecified atom stereocenters. The predicted octanol–water partition coefficient (Wildman–Crippen LogP) is 0.597. The first kappa shape index (κ1) is 35.0. The molecule has 0 spiro atoms. The van der Waals surface area contributed by atoms with E-state index in [0.29, 0.717) is 5.57 Å². The van der Waals surface area contributed by atoms with E-state index in [-0.39, 0.29) is 50.4 Å². The van der Waals surface area contributed by atoms with Gasteiger partial charge in [-0.2, -0.15) is 6.08 Å². The van der Waals surface area contributed by atoms with Gasteiger partial charge in [0.05, 0.1) is 0 Å². The zero-order valence-corrected chi connectivity index (χ0v) is 26.3. The van der Waals surface area contributed by atoms with Crippen molar-refractivity contribution in [1.82, 2.24) is 0 Å². The second-order valence-electron chi connectivity index (χ2n) is 9.60. The molecule has 37 heavy (non-hydrogen) atoms. The van der Waals surface area contributed by atoms with Crippen molar-refractivity contribution in [1.29, 1.82) is 0 Å². The van der Waals surface area contributed by atoms with Crippen molar-refractivity contribution in [2.45, 2.75) is 61.5 Å². The van der Waals surface area contributed by atoms with Gasteiger partial charge in [0.1, 0.15) is 24.5 Å². The Morgan fingerprint density at radius 1 is 0.838 bits per heavy atom. The molecule has 0 atom stereocenters. The van der Waals surface area contributed by atoms with Crippen LogP contribution in [0.3, 0.4) is 0 Å². The summed E-state index contributed by atoms with van der Waals surface area (Å²) in [5.74, 6) is 0.766. The molecule has 0 saturated carbocycles. The minimum atomic E-state index is 0. The molecule has 199 valence electrons. The summed E-state index contributed by atoms with van der Waals surface area (Å²) in [4.78, 5) is 2.28. The van der Waals surface area contributed by atoms with Gasteiger partial charge in [0.2, 0.25) is 5.78 Å². The zero-order valence-electron chi connectivity index (χ0n) is 23.1. The molecule has 0 bridgehead atoms. The number of allylic oxidation sites excluding steroid dienone is 5. The Hall–Kier alpha value is -2.00. The molecule has 0 amide bonds. The first-order valence-electron chi connectivity index (χ1n) is 12.0. The van der Waals surface area contributed by atoms with E-state index in [2.05, 4.69) is 81.6 Å². The molecule has 0 aromatic heterocycles. The van der Waals surface area contributed by atoms with E-state index >= 15 is 0 Å². The van der Waals surface area contributed by atoms with Crippen LogP contribution in [0.1, 0.15) is 47.2 Å². The largest absolute Gasteiger partial charge is 2.00 e. The molecule has 2 aromatic carbocycles. The molecule has 0 N–H and O–H groups in total. The van der Waals surface area contributed by atoms with E-state index in [4.69, 9.17) is 11.0 Å². The third-order valence-electron chi connectivity index (χ3n) is 5.88. The van der Waals surface area contributed by atoms with Crippen LogP contribution in [0.25, 0.3) is 0 Å². The number of ketones is 1. The van der Waals surface area contributed by atoms with Crippen molar-refractivity contribution in [2.24, 2.45) is 0 Å². The summed E-state index contributed by atoms with van der Waals surface area (Å²) in [6, 6.07) is 9.04. The third-order valence-corrected chi connectivity index (χ3v) is 5.88. The van der Waals surface area contributed by atoms with Crippen molar-refractivity contribution in [3.8, 4) is 0 Å². The van der Waals surface area contributed by atoms with Gasteiger partial charge in [-0.05, 0) is 69.9 Å². The Kier molecular flexibility index (Phi) is 14.6. The van der Waals surface area contributed by atoms with Gasteiger partial charge in [0.25, 0.3) is 6.10 Å². The minimum Gasteiger partial charge on any atom is -1.00 e. The Balaban J connectivity index is 0.000000795. The zero-order chi connectivity index (χ0) is 25.0. The van der Waals surface area contributed by atoms with Gasteiger partial charge in [-0.25, -0.2) is 16.1 Å². The second kappa shape index (κ2) is 15.4. The maximum atomic E-state index is 5.64. The maximum Gasteiger partial charge on any atom is 2.00 e. The van der Waals surface area contributed by atoms with Crippen molar-refractivity contribution in [3.63, 3.8) is 0 Å². The molecule has 1 radical (unpaired) electrons. The average molecular weight is 627 g/mol. The average Bonchev–Trinajstić information content (AvgIpc) is 3.17. The first-order valence-corrected chi connectivity index (χ1v) is 12.0. The monoisotopic (exact) mass is 626 g/mol. The number of nitrogens with zero attached hydrogens (tertiary/aromatic N) is 2.